The molecule has 0 aliphatic carbocycles. The molecule has 2 amide bonds. The molecule has 0 atom stereocenters. The van der Waals surface area contributed by atoms with Gasteiger partial charge in [0, 0.05) is 23.9 Å². The van der Waals surface area contributed by atoms with E-state index < -0.39 is 0 Å². The van der Waals surface area contributed by atoms with Crippen LogP contribution in [0.25, 0.3) is 11.5 Å². The van der Waals surface area contributed by atoms with Gasteiger partial charge < -0.3 is 15.1 Å². The Morgan fingerprint density at radius 3 is 2.59 bits per heavy atom. The van der Waals surface area contributed by atoms with Crippen LogP contribution in [-0.4, -0.2) is 34.8 Å². The second-order valence-corrected chi connectivity index (χ2v) is 6.66. The number of amides is 2. The molecule has 138 valence electrons. The summed E-state index contributed by atoms with van der Waals surface area (Å²) >= 11 is 1.16. The molecule has 1 heterocycles. The van der Waals surface area contributed by atoms with Crippen molar-refractivity contribution in [2.75, 3.05) is 18.1 Å². The lowest BCUT2D eigenvalue weighted by molar-refractivity contribution is -0.113. The maximum atomic E-state index is 12.1. The van der Waals surface area contributed by atoms with Crippen LogP contribution in [-0.2, 0) is 4.79 Å². The first-order chi connectivity index (χ1) is 13.0. The van der Waals surface area contributed by atoms with Gasteiger partial charge in [0.1, 0.15) is 0 Å². The van der Waals surface area contributed by atoms with Crippen molar-refractivity contribution in [1.29, 1.82) is 0 Å². The van der Waals surface area contributed by atoms with Crippen molar-refractivity contribution in [3.05, 3.63) is 59.7 Å². The molecule has 0 bridgehead atoms. The third-order valence-corrected chi connectivity index (χ3v) is 4.47. The molecule has 1 aromatic heterocycles. The van der Waals surface area contributed by atoms with Gasteiger partial charge in [0.2, 0.25) is 11.8 Å². The van der Waals surface area contributed by atoms with Crippen LogP contribution in [0.15, 0.2) is 58.2 Å². The first kappa shape index (κ1) is 18.7. The first-order valence-electron chi connectivity index (χ1n) is 8.20. The topological polar surface area (TPSA) is 97.1 Å². The quantitative estimate of drug-likeness (QED) is 0.636. The zero-order chi connectivity index (χ0) is 19.2. The maximum Gasteiger partial charge on any atom is 0.277 e. The van der Waals surface area contributed by atoms with Gasteiger partial charge in [0.25, 0.3) is 11.1 Å². The van der Waals surface area contributed by atoms with Crippen molar-refractivity contribution in [2.24, 2.45) is 0 Å². The summed E-state index contributed by atoms with van der Waals surface area (Å²) in [5.74, 6) is 0.172. The molecule has 2 N–H and O–H groups in total. The van der Waals surface area contributed by atoms with Crippen LogP contribution in [0, 0.1) is 6.92 Å². The van der Waals surface area contributed by atoms with Crippen LogP contribution < -0.4 is 10.6 Å². The van der Waals surface area contributed by atoms with E-state index in [1.54, 1.807) is 31.3 Å². The van der Waals surface area contributed by atoms with E-state index in [2.05, 4.69) is 20.8 Å². The lowest BCUT2D eigenvalue weighted by atomic mass is 10.1. The van der Waals surface area contributed by atoms with Crippen molar-refractivity contribution < 1.29 is 14.0 Å². The van der Waals surface area contributed by atoms with Gasteiger partial charge in [-0.25, -0.2) is 0 Å². The van der Waals surface area contributed by atoms with Crippen LogP contribution in [0.4, 0.5) is 5.69 Å². The number of thioether (sulfide) groups is 1. The number of carbonyl (C=O) groups excluding carboxylic acids is 2. The zero-order valence-electron chi connectivity index (χ0n) is 14.9. The second kappa shape index (κ2) is 8.50. The van der Waals surface area contributed by atoms with E-state index >= 15 is 0 Å². The molecule has 0 radical (unpaired) electrons. The highest BCUT2D eigenvalue weighted by Crippen LogP contribution is 2.23. The molecule has 7 nitrogen and oxygen atoms in total. The van der Waals surface area contributed by atoms with Gasteiger partial charge in [-0.05, 0) is 43.3 Å². The summed E-state index contributed by atoms with van der Waals surface area (Å²) in [6.07, 6.45) is 0. The minimum Gasteiger partial charge on any atom is -0.411 e. The van der Waals surface area contributed by atoms with E-state index in [0.29, 0.717) is 22.4 Å². The summed E-state index contributed by atoms with van der Waals surface area (Å²) in [5.41, 5.74) is 3.08. The molecule has 2 aromatic carbocycles. The van der Waals surface area contributed by atoms with Gasteiger partial charge in [-0.2, -0.15) is 0 Å². The predicted molar refractivity (Wildman–Crippen MR) is 104 cm³/mol. The van der Waals surface area contributed by atoms with Crippen LogP contribution >= 0.6 is 11.8 Å². The predicted octanol–water partition coefficient (Wildman–Crippen LogP) is 3.14. The van der Waals surface area contributed by atoms with E-state index in [1.165, 1.54) is 0 Å². The van der Waals surface area contributed by atoms with Crippen LogP contribution in [0.3, 0.4) is 0 Å². The Morgan fingerprint density at radius 1 is 1.11 bits per heavy atom. The van der Waals surface area contributed by atoms with Gasteiger partial charge in [0.05, 0.1) is 5.75 Å². The van der Waals surface area contributed by atoms with E-state index in [9.17, 15) is 9.59 Å². The third kappa shape index (κ3) is 4.95. The smallest absolute Gasteiger partial charge is 0.277 e. The second-order valence-electron chi connectivity index (χ2n) is 5.74. The van der Waals surface area contributed by atoms with Gasteiger partial charge >= 0.3 is 0 Å². The number of aryl methyl sites for hydroxylation is 1. The monoisotopic (exact) mass is 382 g/mol. The summed E-state index contributed by atoms with van der Waals surface area (Å²) < 4.78 is 5.60. The molecule has 0 saturated heterocycles. The normalized spacial score (nSPS) is 10.4. The molecule has 27 heavy (non-hydrogen) atoms. The number of rotatable bonds is 6. The van der Waals surface area contributed by atoms with Gasteiger partial charge in [0.15, 0.2) is 0 Å². The molecule has 0 spiro atoms. The van der Waals surface area contributed by atoms with Crippen molar-refractivity contribution >= 4 is 29.3 Å². The summed E-state index contributed by atoms with van der Waals surface area (Å²) in [5, 5.41) is 13.6. The highest BCUT2D eigenvalue weighted by atomic mass is 32.2. The largest absolute Gasteiger partial charge is 0.411 e. The van der Waals surface area contributed by atoms with Crippen molar-refractivity contribution in [3.8, 4) is 11.5 Å². The van der Waals surface area contributed by atoms with Crippen molar-refractivity contribution in [2.45, 2.75) is 12.1 Å². The van der Waals surface area contributed by atoms with Crippen LogP contribution in [0.1, 0.15) is 15.9 Å². The Bertz CT molecular complexity index is 954. The fourth-order valence-electron chi connectivity index (χ4n) is 2.34. The number of nitrogens with one attached hydrogen (secondary N) is 2. The maximum absolute atomic E-state index is 12.1. The number of anilines is 1. The Kier molecular flexibility index (Phi) is 5.87. The number of benzene rings is 2. The van der Waals surface area contributed by atoms with Gasteiger partial charge in [-0.1, -0.05) is 29.5 Å². The van der Waals surface area contributed by atoms with Crippen molar-refractivity contribution in [1.82, 2.24) is 15.5 Å². The van der Waals surface area contributed by atoms with E-state index in [0.717, 1.165) is 22.9 Å². The minimum absolute atomic E-state index is 0.132. The summed E-state index contributed by atoms with van der Waals surface area (Å²) in [6, 6.07) is 14.4. The minimum atomic E-state index is -0.206. The fraction of sp³-hybridized carbons (Fsp3) is 0.158. The molecule has 0 saturated carbocycles. The molecular weight excluding hydrogens is 364 g/mol. The highest BCUT2D eigenvalue weighted by Gasteiger charge is 2.12. The summed E-state index contributed by atoms with van der Waals surface area (Å²) in [4.78, 5) is 23.6. The molecule has 0 fully saturated rings. The van der Waals surface area contributed by atoms with Gasteiger partial charge in [-0.3, -0.25) is 9.59 Å². The molecule has 0 unspecified atom stereocenters. The SMILES string of the molecule is CNC(=O)c1ccc(NC(=O)CSc2nnc(-c3cccc(C)c3)o2)cc1. The lowest BCUT2D eigenvalue weighted by Crippen LogP contribution is -2.18. The average Bonchev–Trinajstić information content (AvgIpc) is 3.15. The van der Waals surface area contributed by atoms with Crippen LogP contribution in [0.2, 0.25) is 0 Å². The van der Waals surface area contributed by atoms with E-state index in [1.807, 2.05) is 31.2 Å². The van der Waals surface area contributed by atoms with Crippen LogP contribution in [0.5, 0.6) is 0 Å². The number of nitrogens with zero attached hydrogens (tertiary/aromatic N) is 2. The van der Waals surface area contributed by atoms with E-state index in [4.69, 9.17) is 4.42 Å². The van der Waals surface area contributed by atoms with Crippen molar-refractivity contribution in [3.63, 3.8) is 0 Å². The first-order valence-corrected chi connectivity index (χ1v) is 9.19. The van der Waals surface area contributed by atoms with E-state index in [-0.39, 0.29) is 17.6 Å². The Morgan fingerprint density at radius 2 is 1.89 bits per heavy atom. The Labute approximate surface area is 160 Å². The Balaban J connectivity index is 1.54. The zero-order valence-corrected chi connectivity index (χ0v) is 15.7. The highest BCUT2D eigenvalue weighted by molar-refractivity contribution is 7.99. The standard InChI is InChI=1S/C19H18N4O3S/c1-12-4-3-5-14(10-12)18-22-23-19(26-18)27-11-16(24)21-15-8-6-13(7-9-15)17(25)20-2/h3-10H,11H2,1-2H3,(H,20,25)(H,21,24). The number of aromatic nitrogens is 2. The fourth-order valence-corrected chi connectivity index (χ4v) is 2.90. The molecule has 3 rings (SSSR count). The average molecular weight is 382 g/mol. The summed E-state index contributed by atoms with van der Waals surface area (Å²) in [7, 11) is 1.57. The molecule has 0 aliphatic heterocycles. The lowest BCUT2D eigenvalue weighted by Gasteiger charge is -2.05. The molecular formula is C19H18N4O3S. The Hall–Kier alpha value is -3.13. The molecule has 0 aliphatic rings. The number of hydrogen-bond donors (Lipinski definition) is 2. The summed E-state index contributed by atoms with van der Waals surface area (Å²) in [6.45, 7) is 1.99. The van der Waals surface area contributed by atoms with Gasteiger partial charge in [-0.15, -0.1) is 10.2 Å². The number of carbonyl (C=O) groups is 2. The number of hydrogen-bond acceptors (Lipinski definition) is 6. The molecule has 8 heteroatoms. The molecule has 3 aromatic rings. The third-order valence-electron chi connectivity index (χ3n) is 3.66.